The number of ether oxygens (including phenoxy) is 1. The Balaban J connectivity index is 2.20. The highest BCUT2D eigenvalue weighted by Gasteiger charge is 2.06. The summed E-state index contributed by atoms with van der Waals surface area (Å²) in [6, 6.07) is 11.6. The number of aryl methyl sites for hydroxylation is 1. The van der Waals surface area contributed by atoms with E-state index in [0.717, 1.165) is 29.1 Å². The fraction of sp³-hybridized carbons (Fsp3) is 0.294. The highest BCUT2D eigenvalue weighted by atomic mass is 35.5. The Labute approximate surface area is 131 Å². The number of nitrogens with one attached hydrogen (secondary N) is 1. The van der Waals surface area contributed by atoms with Crippen LogP contribution >= 0.6 is 11.6 Å². The number of benzene rings is 2. The topological polar surface area (TPSA) is 47.3 Å². The molecule has 0 spiro atoms. The summed E-state index contributed by atoms with van der Waals surface area (Å²) < 4.78 is 5.83. The summed E-state index contributed by atoms with van der Waals surface area (Å²) >= 11 is 6.08. The molecule has 112 valence electrons. The molecule has 0 aliphatic heterocycles. The minimum absolute atomic E-state index is 0.202. The molecule has 3 nitrogen and oxygen atoms in total. The van der Waals surface area contributed by atoms with E-state index >= 15 is 0 Å². The van der Waals surface area contributed by atoms with Crippen molar-refractivity contribution in [1.82, 2.24) is 0 Å². The third kappa shape index (κ3) is 4.05. The smallest absolute Gasteiger partial charge is 0.121 e. The molecule has 2 aromatic rings. The zero-order valence-electron chi connectivity index (χ0n) is 12.6. The van der Waals surface area contributed by atoms with Gasteiger partial charge in [0.05, 0.1) is 16.8 Å². The van der Waals surface area contributed by atoms with Gasteiger partial charge in [-0.1, -0.05) is 24.6 Å². The normalized spacial score (nSPS) is 12.0. The van der Waals surface area contributed by atoms with Crippen molar-refractivity contribution in [3.05, 3.63) is 47.0 Å². The number of hydrogen-bond acceptors (Lipinski definition) is 3. The van der Waals surface area contributed by atoms with E-state index in [4.69, 9.17) is 22.1 Å². The van der Waals surface area contributed by atoms with E-state index in [1.165, 1.54) is 0 Å². The van der Waals surface area contributed by atoms with Crippen molar-refractivity contribution in [2.45, 2.75) is 33.3 Å². The molecular weight excluding hydrogens is 284 g/mol. The van der Waals surface area contributed by atoms with Crippen LogP contribution in [0.4, 0.5) is 17.1 Å². The third-order valence-electron chi connectivity index (χ3n) is 3.37. The first kappa shape index (κ1) is 15.5. The summed E-state index contributed by atoms with van der Waals surface area (Å²) in [5.74, 6) is 0.855. The number of rotatable bonds is 5. The molecule has 0 radical (unpaired) electrons. The predicted octanol–water partition coefficient (Wildman–Crippen LogP) is 5.15. The van der Waals surface area contributed by atoms with Gasteiger partial charge in [0.1, 0.15) is 5.75 Å². The third-order valence-corrected chi connectivity index (χ3v) is 3.70. The summed E-state index contributed by atoms with van der Waals surface area (Å²) in [7, 11) is 0. The largest absolute Gasteiger partial charge is 0.491 e. The molecule has 21 heavy (non-hydrogen) atoms. The monoisotopic (exact) mass is 304 g/mol. The predicted molar refractivity (Wildman–Crippen MR) is 90.7 cm³/mol. The van der Waals surface area contributed by atoms with Crippen molar-refractivity contribution in [2.24, 2.45) is 0 Å². The molecule has 0 aliphatic rings. The molecule has 0 bridgehead atoms. The molecule has 1 atom stereocenters. The van der Waals surface area contributed by atoms with E-state index in [-0.39, 0.29) is 6.10 Å². The Kier molecular flexibility index (Phi) is 4.97. The van der Waals surface area contributed by atoms with E-state index in [1.807, 2.05) is 43.3 Å². The van der Waals surface area contributed by atoms with Crippen molar-refractivity contribution in [3.8, 4) is 5.75 Å². The lowest BCUT2D eigenvalue weighted by Gasteiger charge is -2.15. The van der Waals surface area contributed by atoms with Gasteiger partial charge in [-0.3, -0.25) is 0 Å². The van der Waals surface area contributed by atoms with Crippen LogP contribution in [0.25, 0.3) is 0 Å². The van der Waals surface area contributed by atoms with Gasteiger partial charge in [0, 0.05) is 17.4 Å². The van der Waals surface area contributed by atoms with Gasteiger partial charge in [-0.15, -0.1) is 0 Å². The summed E-state index contributed by atoms with van der Waals surface area (Å²) in [4.78, 5) is 0. The number of anilines is 3. The summed E-state index contributed by atoms with van der Waals surface area (Å²) in [5, 5.41) is 3.90. The van der Waals surface area contributed by atoms with Gasteiger partial charge in [-0.2, -0.15) is 0 Å². The quantitative estimate of drug-likeness (QED) is 0.751. The fourth-order valence-corrected chi connectivity index (χ4v) is 2.12. The van der Waals surface area contributed by atoms with Crippen LogP contribution in [0.15, 0.2) is 36.4 Å². The SMILES string of the molecule is CCC(C)Oc1cccc(Nc2cc(Cl)c(N)cc2C)c1. The Hall–Kier alpha value is -1.87. The van der Waals surface area contributed by atoms with E-state index in [2.05, 4.69) is 19.2 Å². The van der Waals surface area contributed by atoms with Crippen LogP contribution in [0.5, 0.6) is 5.75 Å². The summed E-state index contributed by atoms with van der Waals surface area (Å²) in [6.07, 6.45) is 1.18. The standard InChI is InChI=1S/C17H21ClN2O/c1-4-12(3)21-14-7-5-6-13(9-14)20-17-10-15(18)16(19)8-11(17)2/h5-10,12,20H,4,19H2,1-3H3. The first-order chi connectivity index (χ1) is 9.99. The second kappa shape index (κ2) is 6.72. The van der Waals surface area contributed by atoms with Gasteiger partial charge in [0.25, 0.3) is 0 Å². The highest BCUT2D eigenvalue weighted by molar-refractivity contribution is 6.33. The molecule has 4 heteroatoms. The Morgan fingerprint density at radius 1 is 1.29 bits per heavy atom. The summed E-state index contributed by atoms with van der Waals surface area (Å²) in [5.41, 5.74) is 9.33. The minimum Gasteiger partial charge on any atom is -0.491 e. The van der Waals surface area contributed by atoms with Crippen molar-refractivity contribution in [3.63, 3.8) is 0 Å². The van der Waals surface area contributed by atoms with Gasteiger partial charge in [0.15, 0.2) is 0 Å². The maximum absolute atomic E-state index is 6.08. The molecule has 0 aliphatic carbocycles. The van der Waals surface area contributed by atoms with Crippen LogP contribution in [0.3, 0.4) is 0 Å². The first-order valence-corrected chi connectivity index (χ1v) is 7.46. The van der Waals surface area contributed by atoms with Gasteiger partial charge in [0.2, 0.25) is 0 Å². The number of nitrogens with two attached hydrogens (primary N) is 1. The average molecular weight is 305 g/mol. The number of nitrogen functional groups attached to an aromatic ring is 1. The zero-order chi connectivity index (χ0) is 15.4. The van der Waals surface area contributed by atoms with Crippen molar-refractivity contribution < 1.29 is 4.74 Å². The molecule has 2 rings (SSSR count). The maximum atomic E-state index is 6.08. The first-order valence-electron chi connectivity index (χ1n) is 7.09. The molecule has 0 saturated carbocycles. The lowest BCUT2D eigenvalue weighted by Crippen LogP contribution is -2.09. The zero-order valence-corrected chi connectivity index (χ0v) is 13.4. The Morgan fingerprint density at radius 3 is 2.76 bits per heavy atom. The van der Waals surface area contributed by atoms with Crippen LogP contribution in [0, 0.1) is 6.92 Å². The van der Waals surface area contributed by atoms with Crippen LogP contribution in [-0.2, 0) is 0 Å². The van der Waals surface area contributed by atoms with Gasteiger partial charge >= 0.3 is 0 Å². The second-order valence-electron chi connectivity index (χ2n) is 5.18. The summed E-state index contributed by atoms with van der Waals surface area (Å²) in [6.45, 7) is 6.16. The molecule has 2 aromatic carbocycles. The lowest BCUT2D eigenvalue weighted by atomic mass is 10.1. The average Bonchev–Trinajstić information content (AvgIpc) is 2.45. The van der Waals surface area contributed by atoms with Gasteiger partial charge in [-0.25, -0.2) is 0 Å². The molecule has 0 heterocycles. The van der Waals surface area contributed by atoms with Crippen LogP contribution in [0.2, 0.25) is 5.02 Å². The number of halogens is 1. The number of hydrogen-bond donors (Lipinski definition) is 2. The maximum Gasteiger partial charge on any atom is 0.121 e. The van der Waals surface area contributed by atoms with Crippen LogP contribution < -0.4 is 15.8 Å². The molecule has 0 aromatic heterocycles. The van der Waals surface area contributed by atoms with Crippen molar-refractivity contribution in [1.29, 1.82) is 0 Å². The van der Waals surface area contributed by atoms with Crippen LogP contribution in [-0.4, -0.2) is 6.10 Å². The molecule has 0 saturated heterocycles. The molecule has 1 unspecified atom stereocenters. The molecule has 0 amide bonds. The van der Waals surface area contributed by atoms with E-state index in [0.29, 0.717) is 10.7 Å². The second-order valence-corrected chi connectivity index (χ2v) is 5.59. The minimum atomic E-state index is 0.202. The molecular formula is C17H21ClN2O. The van der Waals surface area contributed by atoms with Crippen molar-refractivity contribution >= 4 is 28.7 Å². The molecule has 3 N–H and O–H groups in total. The van der Waals surface area contributed by atoms with E-state index in [9.17, 15) is 0 Å². The fourth-order valence-electron chi connectivity index (χ4n) is 1.96. The molecule has 0 fully saturated rings. The van der Waals surface area contributed by atoms with Crippen molar-refractivity contribution in [2.75, 3.05) is 11.1 Å². The Bertz CT molecular complexity index is 628. The van der Waals surface area contributed by atoms with Gasteiger partial charge in [-0.05, 0) is 50.1 Å². The van der Waals surface area contributed by atoms with E-state index in [1.54, 1.807) is 0 Å². The Morgan fingerprint density at radius 2 is 2.05 bits per heavy atom. The van der Waals surface area contributed by atoms with Crippen LogP contribution in [0.1, 0.15) is 25.8 Å². The lowest BCUT2D eigenvalue weighted by molar-refractivity contribution is 0.217. The van der Waals surface area contributed by atoms with E-state index < -0.39 is 0 Å². The highest BCUT2D eigenvalue weighted by Crippen LogP contribution is 2.30. The van der Waals surface area contributed by atoms with Gasteiger partial charge < -0.3 is 15.8 Å².